The second-order valence-electron chi connectivity index (χ2n) is 4.25. The van der Waals surface area contributed by atoms with Gasteiger partial charge < -0.3 is 10.6 Å². The Kier molecular flexibility index (Phi) is 2.38. The predicted molar refractivity (Wildman–Crippen MR) is 57.4 cm³/mol. The lowest BCUT2D eigenvalue weighted by Gasteiger charge is -2.15. The molecule has 1 aromatic heterocycles. The summed E-state index contributed by atoms with van der Waals surface area (Å²) in [6.45, 7) is 5.61. The molecule has 5 nitrogen and oxygen atoms in total. The van der Waals surface area contributed by atoms with E-state index >= 15 is 0 Å². The first-order valence-electron chi connectivity index (χ1n) is 5.19. The molecule has 0 saturated carbocycles. The van der Waals surface area contributed by atoms with E-state index in [0.29, 0.717) is 17.3 Å². The van der Waals surface area contributed by atoms with Gasteiger partial charge in [-0.2, -0.15) is 5.10 Å². The van der Waals surface area contributed by atoms with Crippen LogP contribution >= 0.6 is 0 Å². The minimum absolute atomic E-state index is 0.00287. The minimum atomic E-state index is 0.00287. The highest BCUT2D eigenvalue weighted by molar-refractivity contribution is 5.99. The third kappa shape index (κ3) is 1.69. The molecule has 1 aromatic rings. The summed E-state index contributed by atoms with van der Waals surface area (Å²) in [7, 11) is 0. The summed E-state index contributed by atoms with van der Waals surface area (Å²) < 4.78 is 0. The van der Waals surface area contributed by atoms with Crippen molar-refractivity contribution < 1.29 is 4.79 Å². The van der Waals surface area contributed by atoms with Crippen molar-refractivity contribution in [1.82, 2.24) is 15.1 Å². The number of aromatic amines is 1. The van der Waals surface area contributed by atoms with Gasteiger partial charge >= 0.3 is 0 Å². The summed E-state index contributed by atoms with van der Waals surface area (Å²) in [5.74, 6) is 0.891. The Labute approximate surface area is 88.6 Å². The van der Waals surface area contributed by atoms with Gasteiger partial charge in [0.05, 0.1) is 0 Å². The van der Waals surface area contributed by atoms with E-state index in [9.17, 15) is 4.79 Å². The van der Waals surface area contributed by atoms with E-state index in [2.05, 4.69) is 17.1 Å². The molecular formula is C10H16N4O. The van der Waals surface area contributed by atoms with E-state index in [1.54, 1.807) is 0 Å². The minimum Gasteiger partial charge on any atom is -0.382 e. The monoisotopic (exact) mass is 208 g/mol. The zero-order chi connectivity index (χ0) is 11.0. The number of aryl methyl sites for hydroxylation is 1. The largest absolute Gasteiger partial charge is 0.382 e. The molecular weight excluding hydrogens is 192 g/mol. The van der Waals surface area contributed by atoms with Crippen molar-refractivity contribution in [2.75, 3.05) is 18.8 Å². The molecule has 1 amide bonds. The highest BCUT2D eigenvalue weighted by Gasteiger charge is 2.27. The van der Waals surface area contributed by atoms with Gasteiger partial charge in [-0.1, -0.05) is 6.92 Å². The van der Waals surface area contributed by atoms with Crippen molar-refractivity contribution in [3.63, 3.8) is 0 Å². The Hall–Kier alpha value is -1.52. The average Bonchev–Trinajstić information content (AvgIpc) is 2.73. The first-order valence-corrected chi connectivity index (χ1v) is 5.19. The van der Waals surface area contributed by atoms with E-state index in [4.69, 9.17) is 5.73 Å². The molecule has 1 saturated heterocycles. The molecule has 1 unspecified atom stereocenters. The number of anilines is 1. The van der Waals surface area contributed by atoms with Crippen LogP contribution in [0, 0.1) is 12.8 Å². The fourth-order valence-electron chi connectivity index (χ4n) is 2.00. The van der Waals surface area contributed by atoms with Crippen LogP contribution in [0.2, 0.25) is 0 Å². The first-order chi connectivity index (χ1) is 7.09. The van der Waals surface area contributed by atoms with Crippen molar-refractivity contribution in [1.29, 1.82) is 0 Å². The zero-order valence-corrected chi connectivity index (χ0v) is 9.08. The number of nitrogens with two attached hydrogens (primary N) is 1. The lowest BCUT2D eigenvalue weighted by Crippen LogP contribution is -2.29. The molecule has 2 heterocycles. The Bertz CT molecular complexity index is 365. The number of H-pyrrole nitrogens is 1. The van der Waals surface area contributed by atoms with Gasteiger partial charge in [0.1, 0.15) is 5.56 Å². The predicted octanol–water partition coefficient (Wildman–Crippen LogP) is 0.782. The molecule has 1 aliphatic heterocycles. The van der Waals surface area contributed by atoms with Crippen LogP contribution < -0.4 is 5.73 Å². The maximum Gasteiger partial charge on any atom is 0.259 e. The summed E-state index contributed by atoms with van der Waals surface area (Å²) in [5, 5.41) is 6.56. The number of nitrogens with zero attached hydrogens (tertiary/aromatic N) is 2. The van der Waals surface area contributed by atoms with E-state index in [1.165, 1.54) is 0 Å². The van der Waals surface area contributed by atoms with Crippen LogP contribution in [0.3, 0.4) is 0 Å². The second kappa shape index (κ2) is 3.56. The van der Waals surface area contributed by atoms with Gasteiger partial charge in [0, 0.05) is 18.8 Å². The summed E-state index contributed by atoms with van der Waals surface area (Å²) in [6, 6.07) is 0. The molecule has 0 bridgehead atoms. The smallest absolute Gasteiger partial charge is 0.259 e. The summed E-state index contributed by atoms with van der Waals surface area (Å²) >= 11 is 0. The van der Waals surface area contributed by atoms with Crippen molar-refractivity contribution in [3.05, 3.63) is 11.3 Å². The molecule has 3 N–H and O–H groups in total. The highest BCUT2D eigenvalue weighted by Crippen LogP contribution is 2.21. The fourth-order valence-corrected chi connectivity index (χ4v) is 2.00. The Morgan fingerprint density at radius 2 is 2.40 bits per heavy atom. The lowest BCUT2D eigenvalue weighted by molar-refractivity contribution is 0.0788. The van der Waals surface area contributed by atoms with Gasteiger partial charge in [-0.25, -0.2) is 0 Å². The fraction of sp³-hybridized carbons (Fsp3) is 0.600. The third-order valence-electron chi connectivity index (χ3n) is 2.90. The van der Waals surface area contributed by atoms with Crippen molar-refractivity contribution >= 4 is 11.7 Å². The molecule has 82 valence electrons. The van der Waals surface area contributed by atoms with Crippen molar-refractivity contribution in [3.8, 4) is 0 Å². The first kappa shape index (κ1) is 10.0. The molecule has 0 radical (unpaired) electrons. The normalized spacial score (nSPS) is 20.9. The second-order valence-corrected chi connectivity index (χ2v) is 4.25. The maximum atomic E-state index is 12.1. The number of carbonyl (C=O) groups is 1. The summed E-state index contributed by atoms with van der Waals surface area (Å²) in [4.78, 5) is 13.9. The van der Waals surface area contributed by atoms with E-state index < -0.39 is 0 Å². The highest BCUT2D eigenvalue weighted by atomic mass is 16.2. The van der Waals surface area contributed by atoms with Crippen LogP contribution in [-0.4, -0.2) is 34.1 Å². The number of nitrogen functional groups attached to an aromatic ring is 1. The van der Waals surface area contributed by atoms with Gasteiger partial charge in [0.25, 0.3) is 5.91 Å². The Morgan fingerprint density at radius 1 is 1.67 bits per heavy atom. The summed E-state index contributed by atoms with van der Waals surface area (Å²) in [5.41, 5.74) is 6.93. The van der Waals surface area contributed by atoms with Crippen LogP contribution in [0.4, 0.5) is 5.82 Å². The van der Waals surface area contributed by atoms with Crippen LogP contribution in [-0.2, 0) is 0 Å². The SMILES string of the molecule is Cc1[nH]nc(N)c1C(=O)N1CCC(C)C1. The molecule has 15 heavy (non-hydrogen) atoms. The van der Waals surface area contributed by atoms with E-state index in [1.807, 2.05) is 11.8 Å². The topological polar surface area (TPSA) is 75.0 Å². The zero-order valence-electron chi connectivity index (χ0n) is 9.08. The van der Waals surface area contributed by atoms with Crippen molar-refractivity contribution in [2.24, 2.45) is 5.92 Å². The van der Waals surface area contributed by atoms with Crippen LogP contribution in [0.15, 0.2) is 0 Å². The Balaban J connectivity index is 2.21. The molecule has 1 atom stereocenters. The standard InChI is InChI=1S/C10H16N4O/c1-6-3-4-14(5-6)10(15)8-7(2)12-13-9(8)11/h6H,3-5H2,1-2H3,(H3,11,12,13). The molecule has 0 aromatic carbocycles. The van der Waals surface area contributed by atoms with E-state index in [0.717, 1.165) is 25.2 Å². The van der Waals surface area contributed by atoms with Crippen LogP contribution in [0.5, 0.6) is 0 Å². The van der Waals surface area contributed by atoms with Gasteiger partial charge in [-0.05, 0) is 19.3 Å². The molecule has 1 fully saturated rings. The van der Waals surface area contributed by atoms with Crippen LogP contribution in [0.25, 0.3) is 0 Å². The number of hydrogen-bond donors (Lipinski definition) is 2. The summed E-state index contributed by atoms with van der Waals surface area (Å²) in [6.07, 6.45) is 1.07. The number of amides is 1. The van der Waals surface area contributed by atoms with Crippen molar-refractivity contribution in [2.45, 2.75) is 20.3 Å². The number of likely N-dealkylation sites (tertiary alicyclic amines) is 1. The van der Waals surface area contributed by atoms with Gasteiger partial charge in [0.2, 0.25) is 0 Å². The Morgan fingerprint density at radius 3 is 2.87 bits per heavy atom. The lowest BCUT2D eigenvalue weighted by atomic mass is 10.2. The van der Waals surface area contributed by atoms with Gasteiger partial charge in [-0.15, -0.1) is 0 Å². The number of hydrogen-bond acceptors (Lipinski definition) is 3. The van der Waals surface area contributed by atoms with Gasteiger partial charge in [-0.3, -0.25) is 9.89 Å². The van der Waals surface area contributed by atoms with E-state index in [-0.39, 0.29) is 5.91 Å². The number of carbonyl (C=O) groups excluding carboxylic acids is 1. The number of rotatable bonds is 1. The molecule has 5 heteroatoms. The number of aromatic nitrogens is 2. The molecule has 2 rings (SSSR count). The number of nitrogens with one attached hydrogen (secondary N) is 1. The average molecular weight is 208 g/mol. The molecule has 1 aliphatic rings. The quantitative estimate of drug-likeness (QED) is 0.716. The molecule has 0 spiro atoms. The van der Waals surface area contributed by atoms with Gasteiger partial charge in [0.15, 0.2) is 5.82 Å². The third-order valence-corrected chi connectivity index (χ3v) is 2.90. The maximum absolute atomic E-state index is 12.1. The molecule has 0 aliphatic carbocycles. The van der Waals surface area contributed by atoms with Crippen LogP contribution in [0.1, 0.15) is 29.4 Å².